The van der Waals surface area contributed by atoms with Crippen LogP contribution in [0.2, 0.25) is 0 Å². The van der Waals surface area contributed by atoms with Crippen molar-refractivity contribution in [2.45, 2.75) is 57.5 Å². The Kier molecular flexibility index (Phi) is 6.49. The first-order valence-electron chi connectivity index (χ1n) is 11.3. The van der Waals surface area contributed by atoms with Crippen LogP contribution < -0.4 is 5.32 Å². The molecule has 4 rings (SSSR count). The molecule has 1 N–H and O–H groups in total. The minimum Gasteiger partial charge on any atom is -0.317 e. The van der Waals surface area contributed by atoms with Crippen LogP contribution in [0.4, 0.5) is 0 Å². The molecule has 0 saturated carbocycles. The van der Waals surface area contributed by atoms with Gasteiger partial charge in [-0.05, 0) is 89.2 Å². The molecule has 0 aliphatic carbocycles. The molecule has 2 saturated heterocycles. The van der Waals surface area contributed by atoms with Crippen LogP contribution >= 0.6 is 0 Å². The fourth-order valence-corrected chi connectivity index (χ4v) is 5.32. The van der Waals surface area contributed by atoms with Crippen LogP contribution in [0.5, 0.6) is 0 Å². The SMILES string of the molecule is C=Cc1nc(C2CCCC(c3ncccc3C)N2C)c(CC2CCNCC2)n1C=C. The van der Waals surface area contributed by atoms with E-state index in [4.69, 9.17) is 9.97 Å². The van der Waals surface area contributed by atoms with E-state index in [1.54, 1.807) is 0 Å². The van der Waals surface area contributed by atoms with Crippen molar-refractivity contribution in [2.75, 3.05) is 20.1 Å². The summed E-state index contributed by atoms with van der Waals surface area (Å²) in [5.41, 5.74) is 5.01. The standard InChI is InChI=1S/C25H35N5/c1-5-23-28-25(22(30(23)6-2)17-19-12-15-26-16-13-19)21-11-7-10-20(29(21)4)24-18(3)9-8-14-27-24/h5-6,8-9,14,19-21,26H,1-2,7,10-13,15-17H2,3-4H3. The molecule has 30 heavy (non-hydrogen) atoms. The van der Waals surface area contributed by atoms with Gasteiger partial charge in [0.25, 0.3) is 0 Å². The zero-order valence-corrected chi connectivity index (χ0v) is 18.5. The third-order valence-corrected chi connectivity index (χ3v) is 6.99. The highest BCUT2D eigenvalue weighted by Gasteiger charge is 2.35. The Hall–Kier alpha value is -2.24. The maximum absolute atomic E-state index is 5.09. The lowest BCUT2D eigenvalue weighted by Gasteiger charge is -2.39. The first-order chi connectivity index (χ1) is 14.6. The van der Waals surface area contributed by atoms with Crippen LogP contribution in [0.15, 0.2) is 31.5 Å². The lowest BCUT2D eigenvalue weighted by atomic mass is 9.87. The minimum absolute atomic E-state index is 0.293. The second-order valence-corrected chi connectivity index (χ2v) is 8.79. The highest BCUT2D eigenvalue weighted by atomic mass is 15.2. The molecule has 5 heteroatoms. The molecule has 0 spiro atoms. The summed E-state index contributed by atoms with van der Waals surface area (Å²) in [7, 11) is 2.25. The summed E-state index contributed by atoms with van der Waals surface area (Å²) < 4.78 is 2.17. The highest BCUT2D eigenvalue weighted by Crippen LogP contribution is 2.42. The molecule has 0 radical (unpaired) electrons. The van der Waals surface area contributed by atoms with Gasteiger partial charge in [0, 0.05) is 18.1 Å². The molecule has 2 fully saturated rings. The Labute approximate surface area is 180 Å². The van der Waals surface area contributed by atoms with E-state index in [0.29, 0.717) is 18.0 Å². The monoisotopic (exact) mass is 405 g/mol. The average molecular weight is 406 g/mol. The molecule has 2 aliphatic heterocycles. The van der Waals surface area contributed by atoms with Crippen LogP contribution in [0, 0.1) is 12.8 Å². The van der Waals surface area contributed by atoms with Crippen molar-refractivity contribution in [1.29, 1.82) is 0 Å². The summed E-state index contributed by atoms with van der Waals surface area (Å²) in [6.45, 7) is 12.5. The van der Waals surface area contributed by atoms with Gasteiger partial charge < -0.3 is 9.88 Å². The molecule has 4 heterocycles. The average Bonchev–Trinajstić information content (AvgIpc) is 3.12. The lowest BCUT2D eigenvalue weighted by molar-refractivity contribution is 0.108. The summed E-state index contributed by atoms with van der Waals surface area (Å²) in [6, 6.07) is 4.82. The number of pyridine rings is 1. The number of imidazole rings is 1. The van der Waals surface area contributed by atoms with Crippen LogP contribution in [-0.4, -0.2) is 39.6 Å². The summed E-state index contributed by atoms with van der Waals surface area (Å²) in [6.07, 6.45) is 12.7. The number of aromatic nitrogens is 3. The topological polar surface area (TPSA) is 46.0 Å². The zero-order chi connectivity index (χ0) is 21.1. The minimum atomic E-state index is 0.293. The first-order valence-corrected chi connectivity index (χ1v) is 11.3. The smallest absolute Gasteiger partial charge is 0.136 e. The van der Waals surface area contributed by atoms with Crippen LogP contribution in [0.1, 0.15) is 72.7 Å². The van der Waals surface area contributed by atoms with Crippen molar-refractivity contribution in [2.24, 2.45) is 5.92 Å². The Bertz CT molecular complexity index is 893. The van der Waals surface area contributed by atoms with Gasteiger partial charge in [-0.1, -0.05) is 19.2 Å². The summed E-state index contributed by atoms with van der Waals surface area (Å²) in [5, 5.41) is 3.49. The molecule has 2 aliphatic rings. The van der Waals surface area contributed by atoms with Crippen LogP contribution in [0.25, 0.3) is 12.3 Å². The van der Waals surface area contributed by atoms with E-state index in [0.717, 1.165) is 38.2 Å². The van der Waals surface area contributed by atoms with Crippen LogP contribution in [-0.2, 0) is 6.42 Å². The van der Waals surface area contributed by atoms with E-state index in [9.17, 15) is 0 Å². The molecule has 160 valence electrons. The van der Waals surface area contributed by atoms with Crippen molar-refractivity contribution in [3.05, 3.63) is 60.0 Å². The number of hydrogen-bond donors (Lipinski definition) is 1. The Balaban J connectivity index is 1.69. The zero-order valence-electron chi connectivity index (χ0n) is 18.5. The number of likely N-dealkylation sites (tertiary alicyclic amines) is 1. The summed E-state index contributed by atoms with van der Waals surface area (Å²) >= 11 is 0. The first kappa shape index (κ1) is 21.0. The van der Waals surface area contributed by atoms with Gasteiger partial charge in [0.05, 0.1) is 23.5 Å². The fraction of sp³-hybridized carbons (Fsp3) is 0.520. The van der Waals surface area contributed by atoms with E-state index in [1.807, 2.05) is 24.5 Å². The molecule has 2 aromatic heterocycles. The van der Waals surface area contributed by atoms with Gasteiger partial charge in [0.15, 0.2) is 0 Å². The van der Waals surface area contributed by atoms with Crippen molar-refractivity contribution >= 4 is 12.3 Å². The maximum atomic E-state index is 5.09. The molecule has 2 aromatic rings. The quantitative estimate of drug-likeness (QED) is 0.752. The number of piperidine rings is 2. The third-order valence-electron chi connectivity index (χ3n) is 6.99. The molecular weight excluding hydrogens is 370 g/mol. The molecule has 0 bridgehead atoms. The van der Waals surface area contributed by atoms with E-state index in [-0.39, 0.29) is 0 Å². The van der Waals surface area contributed by atoms with Crippen molar-refractivity contribution < 1.29 is 0 Å². The molecule has 0 amide bonds. The lowest BCUT2D eigenvalue weighted by Crippen LogP contribution is -2.35. The summed E-state index contributed by atoms with van der Waals surface area (Å²) in [5.74, 6) is 1.61. The molecule has 5 nitrogen and oxygen atoms in total. The Morgan fingerprint density at radius 1 is 1.13 bits per heavy atom. The number of nitrogens with one attached hydrogen (secondary N) is 1. The van der Waals surface area contributed by atoms with E-state index < -0.39 is 0 Å². The Morgan fingerprint density at radius 2 is 1.87 bits per heavy atom. The second-order valence-electron chi connectivity index (χ2n) is 8.79. The number of nitrogens with zero attached hydrogens (tertiary/aromatic N) is 4. The van der Waals surface area contributed by atoms with Gasteiger partial charge >= 0.3 is 0 Å². The number of rotatable bonds is 6. The fourth-order valence-electron chi connectivity index (χ4n) is 5.32. The van der Waals surface area contributed by atoms with E-state index >= 15 is 0 Å². The second kappa shape index (κ2) is 9.27. The van der Waals surface area contributed by atoms with E-state index in [2.05, 4.69) is 48.0 Å². The number of hydrogen-bond acceptors (Lipinski definition) is 4. The predicted molar refractivity (Wildman–Crippen MR) is 124 cm³/mol. The highest BCUT2D eigenvalue weighted by molar-refractivity contribution is 5.47. The molecule has 2 unspecified atom stereocenters. The van der Waals surface area contributed by atoms with Gasteiger partial charge in [0.1, 0.15) is 5.82 Å². The van der Waals surface area contributed by atoms with E-state index in [1.165, 1.54) is 41.9 Å². The van der Waals surface area contributed by atoms with Crippen molar-refractivity contribution in [1.82, 2.24) is 24.8 Å². The maximum Gasteiger partial charge on any atom is 0.136 e. The predicted octanol–water partition coefficient (Wildman–Crippen LogP) is 4.77. The van der Waals surface area contributed by atoms with Gasteiger partial charge in [-0.2, -0.15) is 0 Å². The van der Waals surface area contributed by atoms with Gasteiger partial charge in [-0.15, -0.1) is 0 Å². The van der Waals surface area contributed by atoms with Crippen molar-refractivity contribution in [3.63, 3.8) is 0 Å². The van der Waals surface area contributed by atoms with Gasteiger partial charge in [0.2, 0.25) is 0 Å². The normalized spacial score (nSPS) is 23.4. The Morgan fingerprint density at radius 3 is 2.53 bits per heavy atom. The molecular formula is C25H35N5. The van der Waals surface area contributed by atoms with Gasteiger partial charge in [-0.25, -0.2) is 4.98 Å². The molecule has 0 aromatic carbocycles. The number of aryl methyl sites for hydroxylation is 1. The van der Waals surface area contributed by atoms with Crippen LogP contribution in [0.3, 0.4) is 0 Å². The largest absolute Gasteiger partial charge is 0.317 e. The summed E-state index contributed by atoms with van der Waals surface area (Å²) in [4.78, 5) is 12.3. The third kappa shape index (κ3) is 4.01. The van der Waals surface area contributed by atoms with Gasteiger partial charge in [-0.3, -0.25) is 9.88 Å². The van der Waals surface area contributed by atoms with Crippen molar-refractivity contribution in [3.8, 4) is 0 Å². The molecule has 2 atom stereocenters.